The number of hydrogen-bond donors (Lipinski definition) is 3. The van der Waals surface area contributed by atoms with Crippen LogP contribution < -0.4 is 25.6 Å². The largest absolute Gasteiger partial charge is 0.495 e. The molecule has 2 aromatic rings. The molecular formula is C20H24N4O5. The predicted molar refractivity (Wildman–Crippen MR) is 108 cm³/mol. The summed E-state index contributed by atoms with van der Waals surface area (Å²) in [6.45, 7) is -0.195. The molecule has 29 heavy (non-hydrogen) atoms. The third-order valence-electron chi connectivity index (χ3n) is 3.82. The van der Waals surface area contributed by atoms with Gasteiger partial charge in [0, 0.05) is 19.7 Å². The van der Waals surface area contributed by atoms with Crippen LogP contribution in [-0.2, 0) is 9.59 Å². The van der Waals surface area contributed by atoms with Gasteiger partial charge in [-0.1, -0.05) is 18.2 Å². The number of anilines is 1. The van der Waals surface area contributed by atoms with Crippen molar-refractivity contribution in [3.63, 3.8) is 0 Å². The molecule has 154 valence electrons. The number of carbonyl (C=O) groups is 3. The first-order valence-electron chi connectivity index (χ1n) is 8.79. The molecule has 0 saturated heterocycles. The molecule has 9 heteroatoms. The molecule has 3 amide bonds. The van der Waals surface area contributed by atoms with Crippen LogP contribution in [0.15, 0.2) is 48.5 Å². The number of amides is 3. The van der Waals surface area contributed by atoms with Crippen molar-refractivity contribution in [3.8, 4) is 11.5 Å². The highest BCUT2D eigenvalue weighted by Crippen LogP contribution is 2.22. The molecule has 0 aliphatic rings. The molecule has 0 bridgehead atoms. The Hall–Kier alpha value is -3.75. The molecular weight excluding hydrogens is 376 g/mol. The van der Waals surface area contributed by atoms with Crippen molar-refractivity contribution in [1.82, 2.24) is 15.8 Å². The van der Waals surface area contributed by atoms with Crippen LogP contribution in [0.2, 0.25) is 0 Å². The van der Waals surface area contributed by atoms with Gasteiger partial charge in [-0.05, 0) is 30.3 Å². The maximum Gasteiger partial charge on any atom is 0.269 e. The van der Waals surface area contributed by atoms with Crippen molar-refractivity contribution >= 4 is 23.4 Å². The standard InChI is InChI=1S/C20H24N4O5/c1-24(2)19(26)13-29-15-8-6-7-14(11-15)20(27)23-22-18(25)12-21-16-9-4-5-10-17(16)28-3/h4-11,21H,12-13H2,1-3H3,(H,22,25)(H,23,27). The smallest absolute Gasteiger partial charge is 0.269 e. The van der Waals surface area contributed by atoms with Gasteiger partial charge in [0.2, 0.25) is 0 Å². The number of nitrogens with zero attached hydrogens (tertiary/aromatic N) is 1. The second kappa shape index (κ2) is 10.5. The summed E-state index contributed by atoms with van der Waals surface area (Å²) in [4.78, 5) is 37.2. The average Bonchev–Trinajstić information content (AvgIpc) is 2.74. The van der Waals surface area contributed by atoms with E-state index in [9.17, 15) is 14.4 Å². The molecule has 0 atom stereocenters. The van der Waals surface area contributed by atoms with Crippen LogP contribution in [0, 0.1) is 0 Å². The summed E-state index contributed by atoms with van der Waals surface area (Å²) in [6, 6.07) is 13.5. The molecule has 0 spiro atoms. The summed E-state index contributed by atoms with van der Waals surface area (Å²) < 4.78 is 10.6. The van der Waals surface area contributed by atoms with E-state index in [-0.39, 0.29) is 24.6 Å². The zero-order valence-electron chi connectivity index (χ0n) is 16.5. The Kier molecular flexibility index (Phi) is 7.84. The minimum absolute atomic E-state index is 0.0591. The molecule has 0 fully saturated rings. The van der Waals surface area contributed by atoms with Gasteiger partial charge in [0.15, 0.2) is 6.61 Å². The molecule has 0 unspecified atom stereocenters. The number of carbonyl (C=O) groups excluding carboxylic acids is 3. The van der Waals surface area contributed by atoms with Crippen molar-refractivity contribution in [2.24, 2.45) is 0 Å². The Morgan fingerprint density at radius 2 is 1.76 bits per heavy atom. The van der Waals surface area contributed by atoms with E-state index in [0.717, 1.165) is 0 Å². The van der Waals surface area contributed by atoms with Crippen molar-refractivity contribution in [1.29, 1.82) is 0 Å². The number of para-hydroxylation sites is 2. The number of nitrogens with one attached hydrogen (secondary N) is 3. The topological polar surface area (TPSA) is 109 Å². The van der Waals surface area contributed by atoms with Gasteiger partial charge in [-0.3, -0.25) is 25.2 Å². The third kappa shape index (κ3) is 6.73. The van der Waals surface area contributed by atoms with Crippen LogP contribution in [0.3, 0.4) is 0 Å². The first-order valence-corrected chi connectivity index (χ1v) is 8.79. The number of hydrogen-bond acceptors (Lipinski definition) is 6. The lowest BCUT2D eigenvalue weighted by Gasteiger charge is -2.13. The fraction of sp³-hybridized carbons (Fsp3) is 0.250. The van der Waals surface area contributed by atoms with E-state index in [1.807, 2.05) is 12.1 Å². The second-order valence-corrected chi connectivity index (χ2v) is 6.16. The number of methoxy groups -OCH3 is 1. The van der Waals surface area contributed by atoms with E-state index >= 15 is 0 Å². The Morgan fingerprint density at radius 3 is 2.48 bits per heavy atom. The lowest BCUT2D eigenvalue weighted by Crippen LogP contribution is -2.44. The van der Waals surface area contributed by atoms with Gasteiger partial charge in [-0.25, -0.2) is 0 Å². The molecule has 0 saturated carbocycles. The van der Waals surface area contributed by atoms with E-state index in [2.05, 4.69) is 16.2 Å². The molecule has 0 radical (unpaired) electrons. The van der Waals surface area contributed by atoms with E-state index in [1.54, 1.807) is 44.4 Å². The minimum Gasteiger partial charge on any atom is -0.495 e. The molecule has 0 aliphatic carbocycles. The first-order chi connectivity index (χ1) is 13.9. The maximum absolute atomic E-state index is 12.2. The zero-order valence-corrected chi connectivity index (χ0v) is 16.5. The summed E-state index contributed by atoms with van der Waals surface area (Å²) in [7, 11) is 4.79. The maximum atomic E-state index is 12.2. The molecule has 9 nitrogen and oxygen atoms in total. The van der Waals surface area contributed by atoms with Crippen molar-refractivity contribution in [2.75, 3.05) is 39.7 Å². The van der Waals surface area contributed by atoms with Crippen LogP contribution in [0.1, 0.15) is 10.4 Å². The Bertz CT molecular complexity index is 869. The van der Waals surface area contributed by atoms with Gasteiger partial charge < -0.3 is 19.7 Å². The Labute approximate surface area is 168 Å². The average molecular weight is 400 g/mol. The second-order valence-electron chi connectivity index (χ2n) is 6.16. The zero-order chi connectivity index (χ0) is 21.2. The van der Waals surface area contributed by atoms with E-state index in [1.165, 1.54) is 18.1 Å². The van der Waals surface area contributed by atoms with Crippen LogP contribution in [-0.4, -0.2) is 57.0 Å². The fourth-order valence-electron chi connectivity index (χ4n) is 2.21. The van der Waals surface area contributed by atoms with Crippen molar-refractivity contribution < 1.29 is 23.9 Å². The third-order valence-corrected chi connectivity index (χ3v) is 3.82. The summed E-state index contributed by atoms with van der Waals surface area (Å²) in [6.07, 6.45) is 0. The van der Waals surface area contributed by atoms with Gasteiger partial charge in [0.1, 0.15) is 11.5 Å². The van der Waals surface area contributed by atoms with Gasteiger partial charge in [0.05, 0.1) is 19.3 Å². The molecule has 3 N–H and O–H groups in total. The number of rotatable bonds is 8. The number of likely N-dealkylation sites (N-methyl/N-ethyl adjacent to an activating group) is 1. The summed E-state index contributed by atoms with van der Waals surface area (Å²) in [5, 5.41) is 2.93. The molecule has 0 aromatic heterocycles. The fourth-order valence-corrected chi connectivity index (χ4v) is 2.21. The Morgan fingerprint density at radius 1 is 1.00 bits per heavy atom. The van der Waals surface area contributed by atoms with Gasteiger partial charge in [0.25, 0.3) is 17.7 Å². The van der Waals surface area contributed by atoms with Crippen LogP contribution in [0.4, 0.5) is 5.69 Å². The molecule has 0 heterocycles. The van der Waals surface area contributed by atoms with Crippen LogP contribution >= 0.6 is 0 Å². The molecule has 2 aromatic carbocycles. The summed E-state index contributed by atoms with van der Waals surface area (Å²) in [5.41, 5.74) is 5.60. The quantitative estimate of drug-likeness (QED) is 0.571. The molecule has 2 rings (SSSR count). The van der Waals surface area contributed by atoms with E-state index in [4.69, 9.17) is 9.47 Å². The first kappa shape index (κ1) is 21.5. The number of benzene rings is 2. The number of ether oxygens (including phenoxy) is 2. The Balaban J connectivity index is 1.83. The van der Waals surface area contributed by atoms with Crippen LogP contribution in [0.5, 0.6) is 11.5 Å². The van der Waals surface area contributed by atoms with E-state index in [0.29, 0.717) is 17.2 Å². The molecule has 0 aliphatic heterocycles. The van der Waals surface area contributed by atoms with Crippen molar-refractivity contribution in [2.45, 2.75) is 0 Å². The van der Waals surface area contributed by atoms with Crippen LogP contribution in [0.25, 0.3) is 0 Å². The van der Waals surface area contributed by atoms with Crippen molar-refractivity contribution in [3.05, 3.63) is 54.1 Å². The van der Waals surface area contributed by atoms with Gasteiger partial charge in [-0.15, -0.1) is 0 Å². The lowest BCUT2D eigenvalue weighted by molar-refractivity contribution is -0.130. The summed E-state index contributed by atoms with van der Waals surface area (Å²) in [5.74, 6) is -0.172. The van der Waals surface area contributed by atoms with Gasteiger partial charge >= 0.3 is 0 Å². The van der Waals surface area contributed by atoms with E-state index < -0.39 is 11.8 Å². The van der Waals surface area contributed by atoms with Gasteiger partial charge in [-0.2, -0.15) is 0 Å². The minimum atomic E-state index is -0.514. The highest BCUT2D eigenvalue weighted by Gasteiger charge is 2.10. The SMILES string of the molecule is COc1ccccc1NCC(=O)NNC(=O)c1cccc(OCC(=O)N(C)C)c1. The monoisotopic (exact) mass is 400 g/mol. The summed E-state index contributed by atoms with van der Waals surface area (Å²) >= 11 is 0. The highest BCUT2D eigenvalue weighted by atomic mass is 16.5. The number of hydrazine groups is 1. The normalized spacial score (nSPS) is 9.90. The highest BCUT2D eigenvalue weighted by molar-refractivity contribution is 5.96. The lowest BCUT2D eigenvalue weighted by atomic mass is 10.2. The predicted octanol–water partition coefficient (Wildman–Crippen LogP) is 1.04.